The molecule has 1 nitrogen and oxygen atoms in total. The quantitative estimate of drug-likeness (QED) is 0.849. The molecule has 1 aromatic carbocycles. The molecule has 1 fully saturated rings. The van der Waals surface area contributed by atoms with Crippen molar-refractivity contribution >= 4 is 21.4 Å². The molecule has 2 aromatic rings. The van der Waals surface area contributed by atoms with Crippen molar-refractivity contribution in [2.75, 3.05) is 0 Å². The van der Waals surface area contributed by atoms with Crippen LogP contribution in [0.1, 0.15) is 38.2 Å². The van der Waals surface area contributed by atoms with Gasteiger partial charge in [0.2, 0.25) is 0 Å². The van der Waals surface area contributed by atoms with E-state index in [0.29, 0.717) is 5.54 Å². The third-order valence-corrected chi connectivity index (χ3v) is 4.99. The van der Waals surface area contributed by atoms with Crippen LogP contribution in [0.5, 0.6) is 0 Å². The molecule has 1 aromatic heterocycles. The van der Waals surface area contributed by atoms with Crippen molar-refractivity contribution in [1.82, 2.24) is 5.32 Å². The van der Waals surface area contributed by atoms with E-state index in [4.69, 9.17) is 0 Å². The Balaban J connectivity index is 1.76. The monoisotopic (exact) mass is 245 g/mol. The van der Waals surface area contributed by atoms with E-state index >= 15 is 0 Å². The maximum atomic E-state index is 3.76. The molecule has 2 heteroatoms. The minimum atomic E-state index is 0.378. The van der Waals surface area contributed by atoms with Crippen LogP contribution < -0.4 is 5.32 Å². The number of thiophene rings is 1. The summed E-state index contributed by atoms with van der Waals surface area (Å²) in [7, 11) is 0. The van der Waals surface area contributed by atoms with Gasteiger partial charge in [-0.3, -0.25) is 0 Å². The highest BCUT2D eigenvalue weighted by molar-refractivity contribution is 7.17. The fourth-order valence-electron chi connectivity index (χ4n) is 2.81. The smallest absolute Gasteiger partial charge is 0.0346 e. The van der Waals surface area contributed by atoms with Gasteiger partial charge < -0.3 is 5.32 Å². The van der Waals surface area contributed by atoms with Crippen LogP contribution in [0.3, 0.4) is 0 Å². The predicted molar refractivity (Wildman–Crippen MR) is 75.5 cm³/mol. The standard InChI is InChI=1S/C15H19NS/c1-15(8-4-5-9-15)16-10-12-11-17-14-7-3-2-6-13(12)14/h2-3,6-7,11,16H,4-5,8-10H2,1H3. The number of benzene rings is 1. The molecule has 0 atom stereocenters. The van der Waals surface area contributed by atoms with Gasteiger partial charge in [-0.25, -0.2) is 0 Å². The van der Waals surface area contributed by atoms with E-state index < -0.39 is 0 Å². The second-order valence-corrected chi connectivity index (χ2v) is 6.29. The molecule has 0 bridgehead atoms. The van der Waals surface area contributed by atoms with Crippen molar-refractivity contribution in [1.29, 1.82) is 0 Å². The summed E-state index contributed by atoms with van der Waals surface area (Å²) < 4.78 is 1.40. The van der Waals surface area contributed by atoms with Gasteiger partial charge in [0.1, 0.15) is 0 Å². The first-order chi connectivity index (χ1) is 8.27. The van der Waals surface area contributed by atoms with E-state index in [2.05, 4.69) is 41.9 Å². The Labute approximate surface area is 107 Å². The summed E-state index contributed by atoms with van der Waals surface area (Å²) >= 11 is 1.86. The maximum absolute atomic E-state index is 3.76. The van der Waals surface area contributed by atoms with Gasteiger partial charge in [-0.05, 0) is 42.2 Å². The first kappa shape index (κ1) is 11.2. The van der Waals surface area contributed by atoms with Gasteiger partial charge >= 0.3 is 0 Å². The summed E-state index contributed by atoms with van der Waals surface area (Å²) in [5.74, 6) is 0. The average Bonchev–Trinajstić information content (AvgIpc) is 2.94. The fraction of sp³-hybridized carbons (Fsp3) is 0.467. The lowest BCUT2D eigenvalue weighted by atomic mass is 10.0. The molecule has 1 heterocycles. The van der Waals surface area contributed by atoms with Crippen LogP contribution in [0, 0.1) is 0 Å². The number of hydrogen-bond donors (Lipinski definition) is 1. The molecule has 17 heavy (non-hydrogen) atoms. The van der Waals surface area contributed by atoms with Crippen LogP contribution in [0.25, 0.3) is 10.1 Å². The Hall–Kier alpha value is -0.860. The minimum absolute atomic E-state index is 0.378. The highest BCUT2D eigenvalue weighted by atomic mass is 32.1. The van der Waals surface area contributed by atoms with Gasteiger partial charge in [-0.1, -0.05) is 31.0 Å². The van der Waals surface area contributed by atoms with Crippen molar-refractivity contribution in [2.24, 2.45) is 0 Å². The van der Waals surface area contributed by atoms with Gasteiger partial charge in [-0.15, -0.1) is 11.3 Å². The highest BCUT2D eigenvalue weighted by Gasteiger charge is 2.27. The third-order valence-electron chi connectivity index (χ3n) is 3.97. The number of hydrogen-bond acceptors (Lipinski definition) is 2. The van der Waals surface area contributed by atoms with E-state index in [1.807, 2.05) is 11.3 Å². The molecule has 1 saturated carbocycles. The van der Waals surface area contributed by atoms with Gasteiger partial charge in [0.15, 0.2) is 0 Å². The molecule has 90 valence electrons. The zero-order valence-electron chi connectivity index (χ0n) is 10.3. The van der Waals surface area contributed by atoms with Crippen LogP contribution in [0.2, 0.25) is 0 Å². The summed E-state index contributed by atoms with van der Waals surface area (Å²) in [6.45, 7) is 3.38. The van der Waals surface area contributed by atoms with E-state index in [9.17, 15) is 0 Å². The largest absolute Gasteiger partial charge is 0.307 e. The van der Waals surface area contributed by atoms with Crippen LogP contribution >= 0.6 is 11.3 Å². The first-order valence-electron chi connectivity index (χ1n) is 6.47. The van der Waals surface area contributed by atoms with Gasteiger partial charge in [0.05, 0.1) is 0 Å². The van der Waals surface area contributed by atoms with Crippen LogP contribution in [-0.4, -0.2) is 5.54 Å². The fourth-order valence-corrected chi connectivity index (χ4v) is 3.77. The zero-order valence-corrected chi connectivity index (χ0v) is 11.1. The summed E-state index contributed by atoms with van der Waals surface area (Å²) in [4.78, 5) is 0. The Morgan fingerprint density at radius 3 is 2.82 bits per heavy atom. The van der Waals surface area contributed by atoms with Crippen molar-refractivity contribution in [3.63, 3.8) is 0 Å². The second-order valence-electron chi connectivity index (χ2n) is 5.38. The molecule has 1 aliphatic rings. The van der Waals surface area contributed by atoms with Gasteiger partial charge in [-0.2, -0.15) is 0 Å². The number of rotatable bonds is 3. The van der Waals surface area contributed by atoms with Crippen LogP contribution in [-0.2, 0) is 6.54 Å². The summed E-state index contributed by atoms with van der Waals surface area (Å²) in [5, 5.41) is 7.48. The average molecular weight is 245 g/mol. The molecule has 0 saturated heterocycles. The van der Waals surface area contributed by atoms with E-state index in [1.54, 1.807) is 0 Å². The topological polar surface area (TPSA) is 12.0 Å². The minimum Gasteiger partial charge on any atom is -0.307 e. The predicted octanol–water partition coefficient (Wildman–Crippen LogP) is 4.32. The van der Waals surface area contributed by atoms with Crippen LogP contribution in [0.15, 0.2) is 29.6 Å². The molecule has 0 radical (unpaired) electrons. The number of fused-ring (bicyclic) bond motifs is 1. The Morgan fingerprint density at radius 2 is 2.00 bits per heavy atom. The van der Waals surface area contributed by atoms with E-state index in [1.165, 1.54) is 41.3 Å². The molecular weight excluding hydrogens is 226 g/mol. The van der Waals surface area contributed by atoms with Crippen LogP contribution in [0.4, 0.5) is 0 Å². The van der Waals surface area contributed by atoms with Gasteiger partial charge in [0.25, 0.3) is 0 Å². The lowest BCUT2D eigenvalue weighted by Crippen LogP contribution is -2.38. The summed E-state index contributed by atoms with van der Waals surface area (Å²) in [6, 6.07) is 8.70. The molecule has 1 aliphatic carbocycles. The zero-order chi connectivity index (χ0) is 11.7. The lowest BCUT2D eigenvalue weighted by molar-refractivity contribution is 0.363. The Bertz CT molecular complexity index is 508. The molecule has 0 amide bonds. The Morgan fingerprint density at radius 1 is 1.24 bits per heavy atom. The lowest BCUT2D eigenvalue weighted by Gasteiger charge is -2.25. The van der Waals surface area contributed by atoms with Crippen molar-refractivity contribution in [3.05, 3.63) is 35.2 Å². The number of nitrogens with one attached hydrogen (secondary N) is 1. The normalized spacial score (nSPS) is 18.9. The molecule has 0 aliphatic heterocycles. The molecule has 0 unspecified atom stereocenters. The summed E-state index contributed by atoms with van der Waals surface area (Å²) in [5.41, 5.74) is 1.84. The molecule has 3 rings (SSSR count). The third kappa shape index (κ3) is 2.24. The van der Waals surface area contributed by atoms with Crippen molar-refractivity contribution in [3.8, 4) is 0 Å². The van der Waals surface area contributed by atoms with E-state index in [-0.39, 0.29) is 0 Å². The summed E-state index contributed by atoms with van der Waals surface area (Å²) in [6.07, 6.45) is 5.42. The van der Waals surface area contributed by atoms with Gasteiger partial charge in [0, 0.05) is 16.8 Å². The first-order valence-corrected chi connectivity index (χ1v) is 7.35. The molecular formula is C15H19NS. The molecule has 0 spiro atoms. The highest BCUT2D eigenvalue weighted by Crippen LogP contribution is 2.31. The van der Waals surface area contributed by atoms with Crippen molar-refractivity contribution in [2.45, 2.75) is 44.7 Å². The Kier molecular flexibility index (Phi) is 2.93. The van der Waals surface area contributed by atoms with E-state index in [0.717, 1.165) is 6.54 Å². The second kappa shape index (κ2) is 4.43. The maximum Gasteiger partial charge on any atom is 0.0346 e. The SMILES string of the molecule is CC1(NCc2csc3ccccc23)CCCC1. The van der Waals surface area contributed by atoms with Crippen molar-refractivity contribution < 1.29 is 0 Å². The molecule has 1 N–H and O–H groups in total.